The second-order valence-corrected chi connectivity index (χ2v) is 6.71. The fraction of sp³-hybridized carbons (Fsp3) is 0.458. The zero-order chi connectivity index (χ0) is 22.5. The van der Waals surface area contributed by atoms with E-state index in [2.05, 4.69) is 72.7 Å². The molecule has 0 aliphatic rings. The van der Waals surface area contributed by atoms with Crippen molar-refractivity contribution in [3.63, 3.8) is 0 Å². The largest absolute Gasteiger partial charge is 0.480 e. The summed E-state index contributed by atoms with van der Waals surface area (Å²) in [6.45, 7) is 1.85. The van der Waals surface area contributed by atoms with Gasteiger partial charge in [-0.1, -0.05) is 67.7 Å². The average Bonchev–Trinajstić information content (AvgIpc) is 2.69. The van der Waals surface area contributed by atoms with Crippen LogP contribution in [0.15, 0.2) is 65.8 Å². The number of carboxylic acids is 1. The number of aliphatic carboxylic acids is 1. The molecule has 0 atom stereocenters. The summed E-state index contributed by atoms with van der Waals surface area (Å²) in [4.78, 5) is 27.2. The first-order chi connectivity index (χ1) is 14.5. The number of unbranched alkanes of at least 4 members (excludes halogenated alkanes) is 1. The van der Waals surface area contributed by atoms with Crippen LogP contribution in [0.5, 0.6) is 0 Å². The van der Waals surface area contributed by atoms with E-state index < -0.39 is 5.97 Å². The summed E-state index contributed by atoms with van der Waals surface area (Å²) in [7, 11) is 1.48. The molecule has 30 heavy (non-hydrogen) atoms. The molecular weight excluding hydrogens is 378 g/mol. The Morgan fingerprint density at radius 3 is 1.80 bits per heavy atom. The second kappa shape index (κ2) is 19.4. The molecule has 0 rings (SSSR count). The molecule has 0 unspecified atom stereocenters. The molecule has 166 valence electrons. The molecule has 0 aromatic heterocycles. The zero-order valence-electron chi connectivity index (χ0n) is 18.4. The Morgan fingerprint density at radius 1 is 0.867 bits per heavy atom. The molecule has 0 aliphatic carbocycles. The number of nitrogens with zero attached hydrogens (tertiary/aromatic N) is 2. The number of amides is 1. The number of likely N-dealkylation sites (N-methyl/N-ethyl adjacent to an activating group) is 1. The third kappa shape index (κ3) is 18.5. The molecule has 0 saturated heterocycles. The lowest BCUT2D eigenvalue weighted by molar-refractivity contribution is -0.137. The smallest absolute Gasteiger partial charge is 0.323 e. The topological polar surface area (TPSA) is 96.0 Å². The van der Waals surface area contributed by atoms with E-state index in [4.69, 9.17) is 10.8 Å². The maximum absolute atomic E-state index is 11.7. The lowest BCUT2D eigenvalue weighted by Gasteiger charge is -2.14. The Kier molecular flexibility index (Phi) is 17.6. The Morgan fingerprint density at radius 2 is 1.33 bits per heavy atom. The van der Waals surface area contributed by atoms with Crippen LogP contribution in [0.4, 0.5) is 0 Å². The van der Waals surface area contributed by atoms with Crippen LogP contribution in [0, 0.1) is 0 Å². The number of carbonyl (C=O) groups is 2. The van der Waals surface area contributed by atoms with Gasteiger partial charge in [0.05, 0.1) is 0 Å². The van der Waals surface area contributed by atoms with Gasteiger partial charge in [0, 0.05) is 13.5 Å². The quantitative estimate of drug-likeness (QED) is 0.174. The van der Waals surface area contributed by atoms with Gasteiger partial charge >= 0.3 is 5.97 Å². The van der Waals surface area contributed by atoms with Crippen molar-refractivity contribution in [1.29, 1.82) is 0 Å². The van der Waals surface area contributed by atoms with E-state index in [0.717, 1.165) is 38.5 Å². The van der Waals surface area contributed by atoms with Crippen molar-refractivity contribution in [1.82, 2.24) is 4.90 Å². The van der Waals surface area contributed by atoms with Gasteiger partial charge in [-0.2, -0.15) is 4.99 Å². The van der Waals surface area contributed by atoms with Crippen LogP contribution in [0.1, 0.15) is 58.3 Å². The predicted octanol–water partition coefficient (Wildman–Crippen LogP) is 4.77. The molecule has 6 heteroatoms. The van der Waals surface area contributed by atoms with Crippen LogP contribution in [-0.2, 0) is 9.59 Å². The number of carbonyl (C=O) groups excluding carboxylic acids is 1. The van der Waals surface area contributed by atoms with Gasteiger partial charge in [0.2, 0.25) is 5.91 Å². The maximum atomic E-state index is 11.7. The first-order valence-electron chi connectivity index (χ1n) is 10.5. The van der Waals surface area contributed by atoms with E-state index >= 15 is 0 Å². The van der Waals surface area contributed by atoms with Crippen molar-refractivity contribution in [3.05, 3.63) is 60.8 Å². The van der Waals surface area contributed by atoms with Gasteiger partial charge in [-0.15, -0.1) is 0 Å². The number of allylic oxidation sites excluding steroid dienone is 10. The summed E-state index contributed by atoms with van der Waals surface area (Å²) in [5.74, 6) is -1.43. The van der Waals surface area contributed by atoms with Crippen LogP contribution >= 0.6 is 0 Å². The van der Waals surface area contributed by atoms with Crippen LogP contribution in [-0.4, -0.2) is 41.4 Å². The number of hydrogen-bond donors (Lipinski definition) is 2. The van der Waals surface area contributed by atoms with E-state index in [1.807, 2.05) is 0 Å². The number of guanidine groups is 1. The van der Waals surface area contributed by atoms with Crippen LogP contribution in [0.3, 0.4) is 0 Å². The molecule has 6 nitrogen and oxygen atoms in total. The third-order valence-corrected chi connectivity index (χ3v) is 3.92. The molecule has 0 aromatic carbocycles. The normalized spacial score (nSPS) is 12.9. The molecule has 0 bridgehead atoms. The molecular formula is C24H37N3O3. The van der Waals surface area contributed by atoms with Crippen LogP contribution < -0.4 is 5.73 Å². The van der Waals surface area contributed by atoms with Gasteiger partial charge in [-0.25, -0.2) is 0 Å². The van der Waals surface area contributed by atoms with Crippen molar-refractivity contribution < 1.29 is 14.7 Å². The fourth-order valence-corrected chi connectivity index (χ4v) is 2.29. The van der Waals surface area contributed by atoms with E-state index in [9.17, 15) is 9.59 Å². The van der Waals surface area contributed by atoms with Crippen LogP contribution in [0.2, 0.25) is 0 Å². The molecule has 0 heterocycles. The summed E-state index contributed by atoms with van der Waals surface area (Å²) >= 11 is 0. The molecule has 3 N–H and O–H groups in total. The van der Waals surface area contributed by atoms with Gasteiger partial charge in [0.15, 0.2) is 5.96 Å². The average molecular weight is 416 g/mol. The minimum Gasteiger partial charge on any atom is -0.480 e. The van der Waals surface area contributed by atoms with Crippen molar-refractivity contribution in [2.45, 2.75) is 58.3 Å². The maximum Gasteiger partial charge on any atom is 0.323 e. The standard InChI is InChI=1S/C24H37N3O3/c1-3-4-5-6-7-8-9-10-11-12-13-14-15-16-17-18-19-20-22(28)26-24(25)27(2)21-23(29)30/h4-5,7-8,10-11,13-14,16-17H,3,6,9,12,15,18-21H2,1-2H3,(H,29,30)(H2,25,26,28). The zero-order valence-corrected chi connectivity index (χ0v) is 18.4. The van der Waals surface area contributed by atoms with Crippen molar-refractivity contribution in [2.24, 2.45) is 10.7 Å². The molecule has 0 saturated carbocycles. The van der Waals surface area contributed by atoms with Gasteiger partial charge in [-0.05, 0) is 44.9 Å². The summed E-state index contributed by atoms with van der Waals surface area (Å²) < 4.78 is 0. The minimum atomic E-state index is -1.03. The van der Waals surface area contributed by atoms with Gasteiger partial charge < -0.3 is 15.7 Å². The van der Waals surface area contributed by atoms with Gasteiger partial charge in [0.1, 0.15) is 6.54 Å². The highest BCUT2D eigenvalue weighted by Gasteiger charge is 2.08. The summed E-state index contributed by atoms with van der Waals surface area (Å²) in [6, 6.07) is 0. The molecule has 0 spiro atoms. The van der Waals surface area contributed by atoms with Crippen molar-refractivity contribution >= 4 is 17.8 Å². The number of nitrogens with two attached hydrogens (primary N) is 1. The molecule has 1 amide bonds. The fourth-order valence-electron chi connectivity index (χ4n) is 2.29. The van der Waals surface area contributed by atoms with Gasteiger partial charge in [-0.3, -0.25) is 9.59 Å². The lowest BCUT2D eigenvalue weighted by Crippen LogP contribution is -2.38. The first kappa shape index (κ1) is 27.1. The molecule has 0 aromatic rings. The minimum absolute atomic E-state index is 0.0720. The Balaban J connectivity index is 3.79. The van der Waals surface area contributed by atoms with E-state index in [0.29, 0.717) is 6.42 Å². The van der Waals surface area contributed by atoms with Gasteiger partial charge in [0.25, 0.3) is 0 Å². The third-order valence-electron chi connectivity index (χ3n) is 3.92. The highest BCUT2D eigenvalue weighted by atomic mass is 16.4. The summed E-state index contributed by atoms with van der Waals surface area (Å²) in [5.41, 5.74) is 5.59. The highest BCUT2D eigenvalue weighted by molar-refractivity contribution is 5.93. The van der Waals surface area contributed by atoms with E-state index in [1.54, 1.807) is 0 Å². The number of aliphatic imine (C=N–C) groups is 1. The van der Waals surface area contributed by atoms with Crippen molar-refractivity contribution in [3.8, 4) is 0 Å². The summed E-state index contributed by atoms with van der Waals surface area (Å²) in [6.07, 6.45) is 28.1. The Bertz CT molecular complexity index is 659. The number of carboxylic acid groups (broad SMARTS) is 1. The molecule has 0 aliphatic heterocycles. The first-order valence-corrected chi connectivity index (χ1v) is 10.5. The molecule has 0 radical (unpaired) electrons. The summed E-state index contributed by atoms with van der Waals surface area (Å²) in [5, 5.41) is 8.68. The van der Waals surface area contributed by atoms with E-state index in [-0.39, 0.29) is 24.8 Å². The highest BCUT2D eigenvalue weighted by Crippen LogP contribution is 2.01. The Labute approximate surface area is 181 Å². The number of hydrogen-bond acceptors (Lipinski definition) is 2. The van der Waals surface area contributed by atoms with Crippen LogP contribution in [0.25, 0.3) is 0 Å². The Hall–Kier alpha value is -2.89. The van der Waals surface area contributed by atoms with Crippen molar-refractivity contribution in [2.75, 3.05) is 13.6 Å². The molecule has 0 fully saturated rings. The number of rotatable bonds is 15. The van der Waals surface area contributed by atoms with E-state index in [1.165, 1.54) is 11.9 Å². The SMILES string of the molecule is CCC=CCC=CCC=CCC=CCC=CCCCC(=O)N=C(N)N(C)CC(=O)O. The second-order valence-electron chi connectivity index (χ2n) is 6.71. The monoisotopic (exact) mass is 415 g/mol. The predicted molar refractivity (Wildman–Crippen MR) is 125 cm³/mol. The lowest BCUT2D eigenvalue weighted by atomic mass is 10.2.